The van der Waals surface area contributed by atoms with Crippen LogP contribution in [0.1, 0.15) is 33.3 Å². The molecule has 0 amide bonds. The quantitative estimate of drug-likeness (QED) is 0.833. The normalized spacial score (nSPS) is 19.7. The summed E-state index contributed by atoms with van der Waals surface area (Å²) in [7, 11) is -0.558. The van der Waals surface area contributed by atoms with Crippen LogP contribution in [0.4, 0.5) is 0 Å². The number of benzene rings is 1. The zero-order chi connectivity index (χ0) is 17.4. The topological polar surface area (TPSA) is 93.2 Å². The lowest BCUT2D eigenvalue weighted by Gasteiger charge is -2.32. The third-order valence-electron chi connectivity index (χ3n) is 4.60. The second-order valence-corrected chi connectivity index (χ2v) is 6.82. The molecule has 0 aliphatic carbocycles. The van der Waals surface area contributed by atoms with E-state index in [9.17, 15) is 5.11 Å². The smallest absolute Gasteiger partial charge is 0.400 e. The fourth-order valence-corrected chi connectivity index (χ4v) is 2.41. The summed E-state index contributed by atoms with van der Waals surface area (Å²) in [5.74, 6) is 0.541. The maximum absolute atomic E-state index is 9.73. The van der Waals surface area contributed by atoms with Gasteiger partial charge >= 0.3 is 7.12 Å². The van der Waals surface area contributed by atoms with Crippen LogP contribution in [-0.2, 0) is 9.31 Å². The van der Waals surface area contributed by atoms with Crippen LogP contribution in [-0.4, -0.2) is 50.7 Å². The molecule has 1 aliphatic heterocycles. The number of hydrogen-bond acceptors (Lipinski definition) is 6. The number of tetrazole rings is 1. The minimum absolute atomic E-state index is 0.135. The molecule has 1 saturated heterocycles. The van der Waals surface area contributed by atoms with Crippen molar-refractivity contribution in [3.8, 4) is 11.4 Å². The van der Waals surface area contributed by atoms with Gasteiger partial charge in [-0.2, -0.15) is 5.21 Å². The summed E-state index contributed by atoms with van der Waals surface area (Å²) in [5.41, 5.74) is 1.60. The molecule has 1 aliphatic rings. The van der Waals surface area contributed by atoms with Gasteiger partial charge in [0.1, 0.15) is 0 Å². The van der Waals surface area contributed by atoms with Crippen molar-refractivity contribution >= 4 is 13.2 Å². The molecule has 0 bridgehead atoms. The first-order valence-corrected chi connectivity index (χ1v) is 7.83. The molecular weight excluding hydrogens is 307 g/mol. The zero-order valence-corrected chi connectivity index (χ0v) is 14.3. The molecule has 2 aromatic rings. The van der Waals surface area contributed by atoms with E-state index in [-0.39, 0.29) is 6.61 Å². The molecule has 0 unspecified atom stereocenters. The zero-order valence-electron chi connectivity index (χ0n) is 14.3. The lowest BCUT2D eigenvalue weighted by Crippen LogP contribution is -2.41. The Hall–Kier alpha value is -2.03. The lowest BCUT2D eigenvalue weighted by molar-refractivity contribution is 0.00578. The molecule has 0 saturated carbocycles. The van der Waals surface area contributed by atoms with Crippen molar-refractivity contribution in [2.24, 2.45) is 0 Å². The van der Waals surface area contributed by atoms with Crippen LogP contribution in [0.25, 0.3) is 17.5 Å². The second kappa shape index (κ2) is 6.12. The molecule has 0 spiro atoms. The van der Waals surface area contributed by atoms with Crippen LogP contribution in [0.2, 0.25) is 0 Å². The lowest BCUT2D eigenvalue weighted by atomic mass is 9.77. The Morgan fingerprint density at radius 2 is 1.79 bits per heavy atom. The van der Waals surface area contributed by atoms with Gasteiger partial charge in [0.25, 0.3) is 0 Å². The molecule has 0 atom stereocenters. The van der Waals surface area contributed by atoms with E-state index in [1.165, 1.54) is 0 Å². The number of hydrogen-bond donors (Lipinski definition) is 2. The molecule has 2 heterocycles. The summed E-state index contributed by atoms with van der Waals surface area (Å²) in [6.07, 6.45) is 1.88. The van der Waals surface area contributed by atoms with Gasteiger partial charge in [0, 0.05) is 5.56 Å². The number of H-pyrrole nitrogens is 1. The van der Waals surface area contributed by atoms with Gasteiger partial charge in [-0.25, -0.2) is 0 Å². The van der Waals surface area contributed by atoms with E-state index in [0.29, 0.717) is 11.3 Å². The van der Waals surface area contributed by atoms with E-state index in [0.717, 1.165) is 11.1 Å². The van der Waals surface area contributed by atoms with Gasteiger partial charge in [0.15, 0.2) is 0 Å². The number of aromatic nitrogens is 4. The molecule has 7 nitrogen and oxygen atoms in total. The first-order chi connectivity index (χ1) is 11.3. The van der Waals surface area contributed by atoms with Gasteiger partial charge in [-0.3, -0.25) is 0 Å². The number of nitrogens with zero attached hydrogens (tertiary/aromatic N) is 3. The molecule has 24 heavy (non-hydrogen) atoms. The Morgan fingerprint density at radius 1 is 1.17 bits per heavy atom. The van der Waals surface area contributed by atoms with Crippen LogP contribution < -0.4 is 0 Å². The molecular formula is C16H21BN4O3. The van der Waals surface area contributed by atoms with E-state index in [1.54, 1.807) is 0 Å². The highest BCUT2D eigenvalue weighted by Crippen LogP contribution is 2.38. The molecule has 1 aromatic carbocycles. The Labute approximate surface area is 141 Å². The maximum Gasteiger partial charge on any atom is 0.492 e. The van der Waals surface area contributed by atoms with E-state index < -0.39 is 18.3 Å². The molecule has 8 heteroatoms. The Bertz CT molecular complexity index is 710. The molecule has 1 fully saturated rings. The van der Waals surface area contributed by atoms with Gasteiger partial charge in [-0.05, 0) is 43.9 Å². The molecule has 2 N–H and O–H groups in total. The molecule has 0 radical (unpaired) electrons. The highest BCUT2D eigenvalue weighted by Gasteiger charge is 2.52. The van der Waals surface area contributed by atoms with Crippen LogP contribution in [0.3, 0.4) is 0 Å². The molecule has 126 valence electrons. The van der Waals surface area contributed by atoms with Crippen molar-refractivity contribution in [2.75, 3.05) is 6.61 Å². The Kier molecular flexibility index (Phi) is 4.29. The summed E-state index contributed by atoms with van der Waals surface area (Å²) < 4.78 is 12.0. The molecule has 1 aromatic heterocycles. The average molecular weight is 328 g/mol. The fraction of sp³-hybridized carbons (Fsp3) is 0.438. The highest BCUT2D eigenvalue weighted by atomic mass is 16.7. The molecule has 3 rings (SSSR count). The van der Waals surface area contributed by atoms with Crippen molar-refractivity contribution in [1.82, 2.24) is 20.6 Å². The predicted molar refractivity (Wildman–Crippen MR) is 90.8 cm³/mol. The maximum atomic E-state index is 9.73. The summed E-state index contributed by atoms with van der Waals surface area (Å²) in [6.45, 7) is 7.82. The minimum Gasteiger partial charge on any atom is -0.400 e. The highest BCUT2D eigenvalue weighted by molar-refractivity contribution is 6.55. The summed E-state index contributed by atoms with van der Waals surface area (Å²) in [6, 6.07) is 7.64. The Morgan fingerprint density at radius 3 is 2.29 bits per heavy atom. The van der Waals surface area contributed by atoms with E-state index in [2.05, 4.69) is 20.6 Å². The van der Waals surface area contributed by atoms with Crippen LogP contribution in [0.5, 0.6) is 0 Å². The van der Waals surface area contributed by atoms with Crippen molar-refractivity contribution in [1.29, 1.82) is 0 Å². The number of aromatic amines is 1. The van der Waals surface area contributed by atoms with Crippen LogP contribution in [0.15, 0.2) is 29.7 Å². The van der Waals surface area contributed by atoms with Gasteiger partial charge in [-0.15, -0.1) is 10.2 Å². The number of aliphatic hydroxyl groups excluding tert-OH is 1. The van der Waals surface area contributed by atoms with Gasteiger partial charge in [0.05, 0.1) is 17.8 Å². The average Bonchev–Trinajstić information content (AvgIpc) is 3.12. The SMILES string of the molecule is CC1(C)OB(C(=Cc2ccc(-c3nn[nH]n3)cc2)CO)OC1(C)C. The third-order valence-corrected chi connectivity index (χ3v) is 4.60. The first kappa shape index (κ1) is 16.8. The van der Waals surface area contributed by atoms with E-state index >= 15 is 0 Å². The Balaban J connectivity index is 1.81. The fourth-order valence-electron chi connectivity index (χ4n) is 2.41. The number of nitrogens with one attached hydrogen (secondary N) is 1. The van der Waals surface area contributed by atoms with E-state index in [1.807, 2.05) is 58.0 Å². The van der Waals surface area contributed by atoms with Crippen LogP contribution in [0, 0.1) is 0 Å². The number of rotatable bonds is 4. The van der Waals surface area contributed by atoms with Gasteiger partial charge in [0.2, 0.25) is 5.82 Å². The predicted octanol–water partition coefficient (Wildman–Crippen LogP) is 1.87. The monoisotopic (exact) mass is 328 g/mol. The first-order valence-electron chi connectivity index (χ1n) is 7.83. The second-order valence-electron chi connectivity index (χ2n) is 6.82. The largest absolute Gasteiger partial charge is 0.492 e. The summed E-state index contributed by atoms with van der Waals surface area (Å²) in [5, 5.41) is 23.6. The van der Waals surface area contributed by atoms with Gasteiger partial charge in [-0.1, -0.05) is 30.3 Å². The minimum atomic E-state index is -0.558. The van der Waals surface area contributed by atoms with Crippen LogP contribution >= 0.6 is 0 Å². The van der Waals surface area contributed by atoms with Crippen molar-refractivity contribution in [3.63, 3.8) is 0 Å². The van der Waals surface area contributed by atoms with Crippen molar-refractivity contribution < 1.29 is 14.4 Å². The number of aliphatic hydroxyl groups is 1. The van der Waals surface area contributed by atoms with Gasteiger partial charge < -0.3 is 14.4 Å². The summed E-state index contributed by atoms with van der Waals surface area (Å²) >= 11 is 0. The summed E-state index contributed by atoms with van der Waals surface area (Å²) in [4.78, 5) is 0. The van der Waals surface area contributed by atoms with Crippen molar-refractivity contribution in [3.05, 3.63) is 35.3 Å². The van der Waals surface area contributed by atoms with Crippen molar-refractivity contribution in [2.45, 2.75) is 38.9 Å². The standard InChI is InChI=1S/C16H21BN4O3/c1-15(2)16(3,4)24-17(23-15)13(10-22)9-11-5-7-12(8-6-11)14-18-20-21-19-14/h5-9,22H,10H2,1-4H3,(H,18,19,20,21). The third kappa shape index (κ3) is 3.12. The van der Waals surface area contributed by atoms with E-state index in [4.69, 9.17) is 9.31 Å².